The van der Waals surface area contributed by atoms with Crippen molar-refractivity contribution in [2.45, 2.75) is 11.9 Å². The highest BCUT2D eigenvalue weighted by molar-refractivity contribution is 7.92. The number of sulfonamides is 1. The van der Waals surface area contributed by atoms with Gasteiger partial charge in [-0.05, 0) is 37.3 Å². The molecule has 0 aliphatic heterocycles. The Bertz CT molecular complexity index is 753. The summed E-state index contributed by atoms with van der Waals surface area (Å²) in [4.78, 5) is 3.87. The van der Waals surface area contributed by atoms with Gasteiger partial charge >= 0.3 is 0 Å². The molecule has 0 saturated carbocycles. The molecule has 2 rings (SSSR count). The molecule has 0 aliphatic carbocycles. The second-order valence-corrected chi connectivity index (χ2v) is 6.12. The van der Waals surface area contributed by atoms with Crippen LogP contribution in [0, 0.1) is 5.82 Å². The number of hydrogen-bond donors (Lipinski definition) is 2. The van der Waals surface area contributed by atoms with Crippen molar-refractivity contribution in [1.29, 1.82) is 0 Å². The van der Waals surface area contributed by atoms with Crippen LogP contribution in [0.5, 0.6) is 0 Å². The lowest BCUT2D eigenvalue weighted by molar-refractivity contribution is 0.598. The molecule has 0 unspecified atom stereocenters. The first-order valence-electron chi connectivity index (χ1n) is 6.11. The summed E-state index contributed by atoms with van der Waals surface area (Å²) < 4.78 is 40.2. The standard InChI is InChI=1S/C13H13ClFN3O2S/c1-2-16-11-4-3-7-17-13(11)21(19,20)18-12-8-9(15)5-6-10(12)14/h3-8,16,18H,2H2,1H3. The smallest absolute Gasteiger partial charge is 0.281 e. The van der Waals surface area contributed by atoms with Gasteiger partial charge in [-0.2, -0.15) is 8.42 Å². The van der Waals surface area contributed by atoms with Gasteiger partial charge in [-0.25, -0.2) is 9.37 Å². The number of anilines is 2. The van der Waals surface area contributed by atoms with E-state index in [2.05, 4.69) is 15.0 Å². The number of nitrogens with one attached hydrogen (secondary N) is 2. The minimum absolute atomic E-state index is 0.0373. The Morgan fingerprint density at radius 3 is 2.76 bits per heavy atom. The van der Waals surface area contributed by atoms with Crippen molar-refractivity contribution in [3.63, 3.8) is 0 Å². The summed E-state index contributed by atoms with van der Waals surface area (Å²) in [6.07, 6.45) is 1.36. The molecule has 0 amide bonds. The molecule has 1 aromatic heterocycles. The van der Waals surface area contributed by atoms with Crippen molar-refractivity contribution < 1.29 is 12.8 Å². The van der Waals surface area contributed by atoms with Crippen molar-refractivity contribution in [3.8, 4) is 0 Å². The van der Waals surface area contributed by atoms with E-state index in [4.69, 9.17) is 11.6 Å². The Balaban J connectivity index is 2.41. The summed E-state index contributed by atoms with van der Waals surface area (Å²) in [6.45, 7) is 2.37. The zero-order chi connectivity index (χ0) is 15.5. The fourth-order valence-electron chi connectivity index (χ4n) is 1.70. The van der Waals surface area contributed by atoms with Gasteiger partial charge in [0.05, 0.1) is 16.4 Å². The molecular weight excluding hydrogens is 317 g/mol. The van der Waals surface area contributed by atoms with Crippen LogP contribution in [0.15, 0.2) is 41.6 Å². The summed E-state index contributed by atoms with van der Waals surface area (Å²) in [7, 11) is -3.98. The maximum absolute atomic E-state index is 13.2. The second kappa shape index (κ2) is 6.28. The van der Waals surface area contributed by atoms with E-state index >= 15 is 0 Å². The lowest BCUT2D eigenvalue weighted by atomic mass is 10.3. The Morgan fingerprint density at radius 1 is 1.29 bits per heavy atom. The predicted molar refractivity (Wildman–Crippen MR) is 80.6 cm³/mol. The SMILES string of the molecule is CCNc1cccnc1S(=O)(=O)Nc1cc(F)ccc1Cl. The zero-order valence-electron chi connectivity index (χ0n) is 11.1. The van der Waals surface area contributed by atoms with E-state index in [1.54, 1.807) is 12.1 Å². The van der Waals surface area contributed by atoms with Crippen LogP contribution in [-0.4, -0.2) is 19.9 Å². The van der Waals surface area contributed by atoms with Crippen molar-refractivity contribution in [3.05, 3.63) is 47.4 Å². The third-order valence-electron chi connectivity index (χ3n) is 2.57. The van der Waals surface area contributed by atoms with E-state index in [9.17, 15) is 12.8 Å². The number of aromatic nitrogens is 1. The normalized spacial score (nSPS) is 11.2. The third-order valence-corrected chi connectivity index (χ3v) is 4.22. The van der Waals surface area contributed by atoms with E-state index in [-0.39, 0.29) is 15.7 Å². The number of hydrogen-bond acceptors (Lipinski definition) is 4. The van der Waals surface area contributed by atoms with Gasteiger partial charge < -0.3 is 5.32 Å². The van der Waals surface area contributed by atoms with Crippen LogP contribution >= 0.6 is 11.6 Å². The predicted octanol–water partition coefficient (Wildman–Crippen LogP) is 3.11. The molecule has 0 bridgehead atoms. The van der Waals surface area contributed by atoms with Crippen LogP contribution in [0.3, 0.4) is 0 Å². The van der Waals surface area contributed by atoms with Gasteiger partial charge in [0.1, 0.15) is 5.82 Å². The lowest BCUT2D eigenvalue weighted by Crippen LogP contribution is -2.17. The van der Waals surface area contributed by atoms with Crippen molar-refractivity contribution in [2.75, 3.05) is 16.6 Å². The van der Waals surface area contributed by atoms with Gasteiger partial charge in [-0.3, -0.25) is 4.72 Å². The summed E-state index contributed by atoms with van der Waals surface area (Å²) in [5.41, 5.74) is 0.324. The van der Waals surface area contributed by atoms with Crippen molar-refractivity contribution in [2.24, 2.45) is 0 Å². The van der Waals surface area contributed by atoms with Gasteiger partial charge in [-0.1, -0.05) is 11.6 Å². The Hall–Kier alpha value is -1.86. The largest absolute Gasteiger partial charge is 0.383 e. The molecule has 2 aromatic rings. The molecule has 0 aliphatic rings. The second-order valence-electron chi connectivity index (χ2n) is 4.12. The Labute approximate surface area is 127 Å². The lowest BCUT2D eigenvalue weighted by Gasteiger charge is -2.12. The van der Waals surface area contributed by atoms with Crippen LogP contribution in [0.1, 0.15) is 6.92 Å². The number of halogens is 2. The van der Waals surface area contributed by atoms with Gasteiger partial charge in [0.2, 0.25) is 0 Å². The summed E-state index contributed by atoms with van der Waals surface area (Å²) in [5.74, 6) is -0.593. The topological polar surface area (TPSA) is 71.1 Å². The molecule has 21 heavy (non-hydrogen) atoms. The van der Waals surface area contributed by atoms with E-state index in [0.29, 0.717) is 12.2 Å². The monoisotopic (exact) mass is 329 g/mol. The van der Waals surface area contributed by atoms with E-state index < -0.39 is 15.8 Å². The van der Waals surface area contributed by atoms with Crippen LogP contribution < -0.4 is 10.0 Å². The highest BCUT2D eigenvalue weighted by Gasteiger charge is 2.21. The number of rotatable bonds is 5. The summed E-state index contributed by atoms with van der Waals surface area (Å²) in [6, 6.07) is 6.64. The first-order chi connectivity index (χ1) is 9.94. The van der Waals surface area contributed by atoms with Crippen LogP contribution in [-0.2, 0) is 10.0 Å². The van der Waals surface area contributed by atoms with Gasteiger partial charge in [0.25, 0.3) is 10.0 Å². The maximum Gasteiger partial charge on any atom is 0.281 e. The molecule has 2 N–H and O–H groups in total. The molecule has 0 fully saturated rings. The number of nitrogens with zero attached hydrogens (tertiary/aromatic N) is 1. The van der Waals surface area contributed by atoms with E-state index in [0.717, 1.165) is 12.1 Å². The molecule has 0 saturated heterocycles. The molecule has 0 spiro atoms. The molecule has 1 aromatic carbocycles. The quantitative estimate of drug-likeness (QED) is 0.884. The third kappa shape index (κ3) is 3.62. The fourth-order valence-corrected chi connectivity index (χ4v) is 3.10. The molecular formula is C13H13ClFN3O2S. The highest BCUT2D eigenvalue weighted by Crippen LogP contribution is 2.27. The first kappa shape index (κ1) is 15.5. The molecule has 1 heterocycles. The first-order valence-corrected chi connectivity index (χ1v) is 7.97. The molecule has 112 valence electrons. The van der Waals surface area contributed by atoms with Crippen LogP contribution in [0.4, 0.5) is 15.8 Å². The summed E-state index contributed by atoms with van der Waals surface area (Å²) >= 11 is 5.86. The number of benzene rings is 1. The van der Waals surface area contributed by atoms with Gasteiger partial charge in [0.15, 0.2) is 5.03 Å². The van der Waals surface area contributed by atoms with E-state index in [1.165, 1.54) is 12.3 Å². The zero-order valence-corrected chi connectivity index (χ0v) is 12.7. The average Bonchev–Trinajstić information content (AvgIpc) is 2.43. The molecule has 5 nitrogen and oxygen atoms in total. The number of pyridine rings is 1. The highest BCUT2D eigenvalue weighted by atomic mass is 35.5. The Kier molecular flexibility index (Phi) is 4.64. The van der Waals surface area contributed by atoms with Crippen molar-refractivity contribution in [1.82, 2.24) is 4.98 Å². The minimum Gasteiger partial charge on any atom is -0.383 e. The van der Waals surface area contributed by atoms with Gasteiger partial charge in [-0.15, -0.1) is 0 Å². The molecule has 0 radical (unpaired) electrons. The summed E-state index contributed by atoms with van der Waals surface area (Å²) in [5, 5.41) is 2.83. The van der Waals surface area contributed by atoms with Crippen molar-refractivity contribution >= 4 is 33.0 Å². The fraction of sp³-hybridized carbons (Fsp3) is 0.154. The Morgan fingerprint density at radius 2 is 2.05 bits per heavy atom. The van der Waals surface area contributed by atoms with Gasteiger partial charge in [0, 0.05) is 12.7 Å². The van der Waals surface area contributed by atoms with Crippen LogP contribution in [0.2, 0.25) is 5.02 Å². The van der Waals surface area contributed by atoms with E-state index in [1.807, 2.05) is 6.92 Å². The minimum atomic E-state index is -3.98. The molecule has 0 atom stereocenters. The average molecular weight is 330 g/mol. The van der Waals surface area contributed by atoms with Crippen LogP contribution in [0.25, 0.3) is 0 Å². The maximum atomic E-state index is 13.2. The molecule has 8 heteroatoms.